The van der Waals surface area contributed by atoms with Gasteiger partial charge in [0.05, 0.1) is 0 Å². The number of hydrogen-bond donors (Lipinski definition) is 0. The molecule has 0 aliphatic carbocycles. The second kappa shape index (κ2) is 10.1. The van der Waals surface area contributed by atoms with Gasteiger partial charge in [0.15, 0.2) is 0 Å². The van der Waals surface area contributed by atoms with Crippen molar-refractivity contribution in [2.45, 2.75) is 0 Å². The molecule has 0 aliphatic heterocycles. The molecule has 0 rings (SSSR count). The Kier molecular flexibility index (Phi) is 9.79. The first-order valence-electron chi connectivity index (χ1n) is 3.47. The summed E-state index contributed by atoms with van der Waals surface area (Å²) < 4.78 is 0. The minimum absolute atomic E-state index is 0.216. The van der Waals surface area contributed by atoms with Crippen LogP contribution in [0.15, 0.2) is 0 Å². The Morgan fingerprint density at radius 2 is 0.933 bits per heavy atom. The first-order valence-corrected chi connectivity index (χ1v) is 6.99. The maximum absolute atomic E-state index is 8.48. The van der Waals surface area contributed by atoms with Crippen LogP contribution in [0.4, 0.5) is 0 Å². The highest BCUT2D eigenvalue weighted by Crippen LogP contribution is 2.23. The van der Waals surface area contributed by atoms with Crippen molar-refractivity contribution >= 4 is 63.8 Å². The monoisotopic (exact) mass is 266 g/mol. The van der Waals surface area contributed by atoms with E-state index in [1.165, 1.54) is 0 Å². The Morgan fingerprint density at radius 1 is 0.667 bits per heavy atom. The van der Waals surface area contributed by atoms with Crippen LogP contribution in [0.1, 0.15) is 0 Å². The molecule has 0 aliphatic rings. The van der Waals surface area contributed by atoms with Gasteiger partial charge in [-0.3, -0.25) is 0 Å². The Hall–Kier alpha value is -0.445. The summed E-state index contributed by atoms with van der Waals surface area (Å²) in [6.07, 6.45) is 0. The first kappa shape index (κ1) is 14.6. The largest absolute Gasteiger partial charge is 0.268 e. The smallest absolute Gasteiger partial charge is 0.186 e. The fourth-order valence-electron chi connectivity index (χ4n) is 0.633. The predicted molar refractivity (Wildman–Crippen MR) is 71.5 cm³/mol. The number of thiocyanates is 4. The second-order valence-corrected chi connectivity index (χ2v) is 6.48. The molecule has 0 radical (unpaired) electrons. The lowest BCUT2D eigenvalue weighted by Crippen LogP contribution is -2.26. The maximum Gasteiger partial charge on any atom is 0.268 e. The van der Waals surface area contributed by atoms with Crippen molar-refractivity contribution < 1.29 is 0 Å². The van der Waals surface area contributed by atoms with Crippen LogP contribution in [-0.4, -0.2) is 17.4 Å². The average Bonchev–Trinajstić information content (AvgIpc) is 2.19. The van der Waals surface area contributed by atoms with E-state index in [0.717, 1.165) is 46.5 Å². The van der Waals surface area contributed by atoms with Crippen LogP contribution in [0.5, 0.6) is 0 Å². The summed E-state index contributed by atoms with van der Waals surface area (Å²) in [7, 11) is 0.465. The van der Waals surface area contributed by atoms with E-state index in [4.69, 9.17) is 21.0 Å². The number of hydrogen-bond acceptors (Lipinski definition) is 8. The third-order valence-corrected chi connectivity index (χ3v) is 4.52. The van der Waals surface area contributed by atoms with E-state index in [1.807, 2.05) is 21.6 Å². The summed E-state index contributed by atoms with van der Waals surface area (Å²) in [5.74, 6) is 0. The van der Waals surface area contributed by atoms with E-state index >= 15 is 0 Å². The molecule has 0 bridgehead atoms. The summed E-state index contributed by atoms with van der Waals surface area (Å²) in [5.41, 5.74) is 0. The third-order valence-electron chi connectivity index (χ3n) is 1.12. The lowest BCUT2D eigenvalue weighted by Gasteiger charge is -2.04. The van der Waals surface area contributed by atoms with Crippen molar-refractivity contribution in [1.82, 2.24) is 0 Å². The minimum atomic E-state index is -0.216. The molecule has 4 nitrogen and oxygen atoms in total. The quantitative estimate of drug-likeness (QED) is 0.523. The van der Waals surface area contributed by atoms with E-state index in [9.17, 15) is 0 Å². The first-order chi connectivity index (χ1) is 7.28. The summed E-state index contributed by atoms with van der Waals surface area (Å²) in [6, 6.07) is 0. The zero-order chi connectivity index (χ0) is 11.5. The SMILES string of the molecule is N#CSB(BB(SC#N)SC#N)SC#N. The molecule has 0 aromatic rings. The molecule has 0 saturated heterocycles. The van der Waals surface area contributed by atoms with E-state index in [-0.39, 0.29) is 10.3 Å². The van der Waals surface area contributed by atoms with Crippen LogP contribution in [0.2, 0.25) is 0 Å². The predicted octanol–water partition coefficient (Wildman–Crippen LogP) is 1.25. The lowest BCUT2D eigenvalue weighted by atomic mass is 9.35. The molecule has 0 unspecified atom stereocenters. The highest BCUT2D eigenvalue weighted by Gasteiger charge is 2.28. The Morgan fingerprint density at radius 3 is 1.13 bits per heavy atom. The second-order valence-electron chi connectivity index (χ2n) is 1.93. The molecule has 0 heterocycles. The van der Waals surface area contributed by atoms with Crippen LogP contribution in [-0.2, 0) is 0 Å². The van der Waals surface area contributed by atoms with Crippen molar-refractivity contribution in [1.29, 1.82) is 21.0 Å². The Bertz CT molecular complexity index is 285. The molecule has 0 atom stereocenters. The van der Waals surface area contributed by atoms with Gasteiger partial charge in [0.2, 0.25) is 0 Å². The summed E-state index contributed by atoms with van der Waals surface area (Å²) in [6.45, 7) is 0. The normalized spacial score (nSPS) is 7.47. The van der Waals surface area contributed by atoms with Gasteiger partial charge in [-0.1, -0.05) is 46.5 Å². The van der Waals surface area contributed by atoms with Gasteiger partial charge >= 0.3 is 0 Å². The number of rotatable bonds is 6. The van der Waals surface area contributed by atoms with Gasteiger partial charge in [-0.05, 0) is 0 Å². The average molecular weight is 266 g/mol. The standard InChI is InChI=1S/C4HB3N4S4/c8-1-12-6(13-2-9)5-7(14-3-10)15-4-11/h5H. The lowest BCUT2D eigenvalue weighted by molar-refractivity contribution is 1.57. The van der Waals surface area contributed by atoms with Crippen LogP contribution in [0.3, 0.4) is 0 Å². The van der Waals surface area contributed by atoms with Crippen molar-refractivity contribution in [2.75, 3.05) is 0 Å². The van der Waals surface area contributed by atoms with E-state index < -0.39 is 0 Å². The van der Waals surface area contributed by atoms with Gasteiger partial charge < -0.3 is 0 Å². The summed E-state index contributed by atoms with van der Waals surface area (Å²) in [4.78, 5) is 0. The molecule has 15 heavy (non-hydrogen) atoms. The van der Waals surface area contributed by atoms with E-state index in [2.05, 4.69) is 0 Å². The third kappa shape index (κ3) is 7.48. The number of nitriles is 4. The molecule has 11 heteroatoms. The molecule has 0 fully saturated rings. The van der Waals surface area contributed by atoms with Gasteiger partial charge in [0.25, 0.3) is 10.3 Å². The van der Waals surface area contributed by atoms with E-state index in [0.29, 0.717) is 7.06 Å². The Labute approximate surface area is 106 Å². The van der Waals surface area contributed by atoms with Crippen molar-refractivity contribution in [3.05, 3.63) is 0 Å². The summed E-state index contributed by atoms with van der Waals surface area (Å²) in [5, 5.41) is 41.1. The van der Waals surface area contributed by atoms with Gasteiger partial charge in [-0.25, -0.2) is 0 Å². The fraction of sp³-hybridized carbons (Fsp3) is 0. The Balaban J connectivity index is 4.23. The molecule has 0 saturated carbocycles. The molecular weight excluding hydrogens is 265 g/mol. The highest BCUT2D eigenvalue weighted by atomic mass is 32.2. The van der Waals surface area contributed by atoms with Crippen LogP contribution in [0.25, 0.3) is 0 Å². The minimum Gasteiger partial charge on any atom is -0.186 e. The molecule has 70 valence electrons. The van der Waals surface area contributed by atoms with Crippen LogP contribution < -0.4 is 0 Å². The van der Waals surface area contributed by atoms with Gasteiger partial charge in [0.1, 0.15) is 28.7 Å². The topological polar surface area (TPSA) is 95.2 Å². The maximum atomic E-state index is 8.48. The van der Waals surface area contributed by atoms with Gasteiger partial charge in [-0.2, -0.15) is 21.0 Å². The molecule has 0 aromatic carbocycles. The van der Waals surface area contributed by atoms with Gasteiger partial charge in [-0.15, -0.1) is 0 Å². The molecule has 0 aromatic heterocycles. The number of nitrogens with zero attached hydrogens (tertiary/aromatic N) is 4. The zero-order valence-electron chi connectivity index (χ0n) is 7.28. The molecule has 0 spiro atoms. The van der Waals surface area contributed by atoms with Crippen molar-refractivity contribution in [3.63, 3.8) is 0 Å². The molecule has 0 amide bonds. The fourth-order valence-corrected chi connectivity index (χ4v) is 3.65. The van der Waals surface area contributed by atoms with Gasteiger partial charge in [0, 0.05) is 0 Å². The van der Waals surface area contributed by atoms with Crippen LogP contribution in [0, 0.1) is 42.7 Å². The van der Waals surface area contributed by atoms with Crippen molar-refractivity contribution in [2.24, 2.45) is 0 Å². The van der Waals surface area contributed by atoms with Crippen molar-refractivity contribution in [3.8, 4) is 21.6 Å². The van der Waals surface area contributed by atoms with Crippen LogP contribution >= 0.6 is 46.5 Å². The van der Waals surface area contributed by atoms with E-state index in [1.54, 1.807) is 0 Å². The molecular formula is C4HB3N4S4. The zero-order valence-corrected chi connectivity index (χ0v) is 10.5. The summed E-state index contributed by atoms with van der Waals surface area (Å²) >= 11 is 3.93. The highest BCUT2D eigenvalue weighted by molar-refractivity contribution is 8.69. The molecule has 0 N–H and O–H groups in total.